The molecular weight excluding hydrogens is 367 g/mol. The molecule has 0 aromatic heterocycles. The summed E-state index contributed by atoms with van der Waals surface area (Å²) in [5.74, 6) is 0.224. The predicted molar refractivity (Wildman–Crippen MR) is 114 cm³/mol. The number of hydrogen-bond acceptors (Lipinski definition) is 3. The van der Waals surface area contributed by atoms with Gasteiger partial charge in [0.1, 0.15) is 18.2 Å². The van der Waals surface area contributed by atoms with E-state index in [2.05, 4.69) is 5.32 Å². The van der Waals surface area contributed by atoms with E-state index in [1.54, 1.807) is 12.1 Å². The molecule has 0 radical (unpaired) electrons. The first kappa shape index (κ1) is 20.6. The van der Waals surface area contributed by atoms with E-state index < -0.39 is 0 Å². The second-order valence-corrected chi connectivity index (χ2v) is 6.86. The van der Waals surface area contributed by atoms with E-state index in [9.17, 15) is 9.18 Å². The van der Waals surface area contributed by atoms with Crippen LogP contribution in [0.15, 0.2) is 78.9 Å². The van der Waals surface area contributed by atoms with Crippen LogP contribution in [0, 0.1) is 5.82 Å². The molecule has 0 aliphatic carbocycles. The minimum Gasteiger partial charge on any atom is -0.492 e. The molecule has 1 amide bonds. The quantitative estimate of drug-likeness (QED) is 0.597. The smallest absolute Gasteiger partial charge is 0.241 e. The van der Waals surface area contributed by atoms with Crippen molar-refractivity contribution in [2.75, 3.05) is 25.5 Å². The summed E-state index contributed by atoms with van der Waals surface area (Å²) in [7, 11) is 1.88. The lowest BCUT2D eigenvalue weighted by Gasteiger charge is -2.24. The lowest BCUT2D eigenvalue weighted by atomic mass is 10.0. The summed E-state index contributed by atoms with van der Waals surface area (Å²) in [6.45, 7) is 2.82. The number of likely N-dealkylation sites (N-methyl/N-ethyl adjacent to an activating group) is 1. The standard InChI is InChI=1S/C24H25FN2O2/c1-18(27(2)16-17-29-21-14-12-20(25)13-15-21)24(28)26-23-11-7-6-10-22(23)19-8-4-3-5-9-19/h3-15,18H,16-17H2,1-2H3,(H,26,28). The van der Waals surface area contributed by atoms with Crippen molar-refractivity contribution in [1.82, 2.24) is 4.90 Å². The van der Waals surface area contributed by atoms with Crippen LogP contribution in [0.2, 0.25) is 0 Å². The number of carbonyl (C=O) groups is 1. The number of rotatable bonds is 8. The molecule has 1 N–H and O–H groups in total. The first-order valence-electron chi connectivity index (χ1n) is 9.58. The fourth-order valence-corrected chi connectivity index (χ4v) is 2.93. The Morgan fingerprint density at radius 1 is 1.00 bits per heavy atom. The number of amides is 1. The summed E-state index contributed by atoms with van der Waals surface area (Å²) in [5, 5.41) is 3.04. The van der Waals surface area contributed by atoms with Gasteiger partial charge in [0.05, 0.1) is 6.04 Å². The molecule has 4 nitrogen and oxygen atoms in total. The second kappa shape index (κ2) is 9.85. The van der Waals surface area contributed by atoms with Gasteiger partial charge in [0.2, 0.25) is 5.91 Å². The zero-order valence-electron chi connectivity index (χ0n) is 16.6. The third-order valence-electron chi connectivity index (χ3n) is 4.84. The van der Waals surface area contributed by atoms with Crippen LogP contribution in [0.3, 0.4) is 0 Å². The third kappa shape index (κ3) is 5.65. The molecule has 1 atom stereocenters. The van der Waals surface area contributed by atoms with Gasteiger partial charge in [0.25, 0.3) is 0 Å². The van der Waals surface area contributed by atoms with Crippen molar-refractivity contribution in [3.8, 4) is 16.9 Å². The minimum atomic E-state index is -0.337. The van der Waals surface area contributed by atoms with Crippen molar-refractivity contribution in [2.24, 2.45) is 0 Å². The van der Waals surface area contributed by atoms with Crippen LogP contribution in [0.25, 0.3) is 11.1 Å². The van der Waals surface area contributed by atoms with Crippen LogP contribution in [0.5, 0.6) is 5.75 Å². The zero-order chi connectivity index (χ0) is 20.6. The van der Waals surface area contributed by atoms with Gasteiger partial charge in [-0.15, -0.1) is 0 Å². The summed E-state index contributed by atoms with van der Waals surface area (Å²) < 4.78 is 18.6. The largest absolute Gasteiger partial charge is 0.492 e. The van der Waals surface area contributed by atoms with Crippen LogP contribution in [-0.2, 0) is 4.79 Å². The maximum Gasteiger partial charge on any atom is 0.241 e. The highest BCUT2D eigenvalue weighted by Gasteiger charge is 2.19. The molecule has 0 aliphatic heterocycles. The summed E-state index contributed by atoms with van der Waals surface area (Å²) in [4.78, 5) is 14.7. The topological polar surface area (TPSA) is 41.6 Å². The van der Waals surface area contributed by atoms with Gasteiger partial charge in [-0.2, -0.15) is 0 Å². The van der Waals surface area contributed by atoms with Gasteiger partial charge in [-0.1, -0.05) is 48.5 Å². The van der Waals surface area contributed by atoms with Crippen LogP contribution < -0.4 is 10.1 Å². The van der Waals surface area contributed by atoms with Gasteiger partial charge >= 0.3 is 0 Å². The monoisotopic (exact) mass is 392 g/mol. The Labute approximate surface area is 170 Å². The fourth-order valence-electron chi connectivity index (χ4n) is 2.93. The van der Waals surface area contributed by atoms with E-state index in [1.165, 1.54) is 12.1 Å². The molecule has 150 valence electrons. The van der Waals surface area contributed by atoms with Crippen LogP contribution in [0.4, 0.5) is 10.1 Å². The Hall–Kier alpha value is -3.18. The van der Waals surface area contributed by atoms with E-state index in [-0.39, 0.29) is 17.8 Å². The van der Waals surface area contributed by atoms with Crippen molar-refractivity contribution >= 4 is 11.6 Å². The van der Waals surface area contributed by atoms with E-state index in [1.807, 2.05) is 73.5 Å². The number of halogens is 1. The van der Waals surface area contributed by atoms with Gasteiger partial charge in [-0.05, 0) is 49.9 Å². The van der Waals surface area contributed by atoms with E-state index in [0.29, 0.717) is 18.9 Å². The average Bonchev–Trinajstić information content (AvgIpc) is 2.75. The number of benzene rings is 3. The summed E-state index contributed by atoms with van der Waals surface area (Å²) in [6, 6.07) is 23.3. The van der Waals surface area contributed by atoms with Gasteiger partial charge in [0.15, 0.2) is 0 Å². The maximum absolute atomic E-state index is 12.9. The molecular formula is C24H25FN2O2. The van der Waals surface area contributed by atoms with Crippen LogP contribution in [0.1, 0.15) is 6.92 Å². The van der Waals surface area contributed by atoms with Gasteiger partial charge in [-0.25, -0.2) is 4.39 Å². The lowest BCUT2D eigenvalue weighted by Crippen LogP contribution is -2.41. The Morgan fingerprint density at radius 3 is 2.38 bits per heavy atom. The molecule has 0 fully saturated rings. The highest BCUT2D eigenvalue weighted by atomic mass is 19.1. The maximum atomic E-state index is 12.9. The molecule has 0 heterocycles. The Balaban J connectivity index is 1.57. The van der Waals surface area contributed by atoms with Gasteiger partial charge in [0, 0.05) is 17.8 Å². The average molecular weight is 392 g/mol. The number of hydrogen-bond donors (Lipinski definition) is 1. The highest BCUT2D eigenvalue weighted by molar-refractivity contribution is 5.98. The Kier molecular flexibility index (Phi) is 6.98. The van der Waals surface area contributed by atoms with Crippen molar-refractivity contribution in [3.05, 3.63) is 84.7 Å². The van der Waals surface area contributed by atoms with Crippen LogP contribution >= 0.6 is 0 Å². The molecule has 0 saturated heterocycles. The van der Waals surface area contributed by atoms with Gasteiger partial charge < -0.3 is 10.1 Å². The Morgan fingerprint density at radius 2 is 1.66 bits per heavy atom. The molecule has 3 aromatic carbocycles. The fraction of sp³-hybridized carbons (Fsp3) is 0.208. The lowest BCUT2D eigenvalue weighted by molar-refractivity contribution is -0.120. The number of nitrogens with one attached hydrogen (secondary N) is 1. The van der Waals surface area contributed by atoms with Gasteiger partial charge in [-0.3, -0.25) is 9.69 Å². The van der Waals surface area contributed by atoms with Crippen molar-refractivity contribution in [2.45, 2.75) is 13.0 Å². The molecule has 0 aliphatic rings. The SMILES string of the molecule is CC(C(=O)Nc1ccccc1-c1ccccc1)N(C)CCOc1ccc(F)cc1. The molecule has 1 unspecified atom stereocenters. The number of para-hydroxylation sites is 1. The van der Waals surface area contributed by atoms with E-state index >= 15 is 0 Å². The molecule has 0 bridgehead atoms. The van der Waals surface area contributed by atoms with E-state index in [4.69, 9.17) is 4.74 Å². The number of carbonyl (C=O) groups excluding carboxylic acids is 1. The zero-order valence-corrected chi connectivity index (χ0v) is 16.6. The number of nitrogens with zero attached hydrogens (tertiary/aromatic N) is 1. The van der Waals surface area contributed by atoms with E-state index in [0.717, 1.165) is 16.8 Å². The predicted octanol–water partition coefficient (Wildman–Crippen LogP) is 4.83. The molecule has 0 saturated carbocycles. The molecule has 29 heavy (non-hydrogen) atoms. The molecule has 3 rings (SSSR count). The van der Waals surface area contributed by atoms with Crippen LogP contribution in [-0.4, -0.2) is 37.0 Å². The summed E-state index contributed by atoms with van der Waals surface area (Å²) in [5.41, 5.74) is 2.82. The number of ether oxygens (including phenoxy) is 1. The third-order valence-corrected chi connectivity index (χ3v) is 4.84. The molecule has 3 aromatic rings. The second-order valence-electron chi connectivity index (χ2n) is 6.86. The molecule has 0 spiro atoms. The van der Waals surface area contributed by atoms with Crippen molar-refractivity contribution in [3.63, 3.8) is 0 Å². The Bertz CT molecular complexity index is 929. The first-order valence-corrected chi connectivity index (χ1v) is 9.58. The number of anilines is 1. The normalized spacial score (nSPS) is 11.9. The summed E-state index contributed by atoms with van der Waals surface area (Å²) in [6.07, 6.45) is 0. The summed E-state index contributed by atoms with van der Waals surface area (Å²) >= 11 is 0. The first-order chi connectivity index (χ1) is 14.0. The highest BCUT2D eigenvalue weighted by Crippen LogP contribution is 2.27. The van der Waals surface area contributed by atoms with Crippen molar-refractivity contribution < 1.29 is 13.9 Å². The minimum absolute atomic E-state index is 0.0855. The molecule has 5 heteroatoms. The van der Waals surface area contributed by atoms with Crippen molar-refractivity contribution in [1.29, 1.82) is 0 Å².